The van der Waals surface area contributed by atoms with Gasteiger partial charge in [0.25, 0.3) is 6.43 Å². The second-order valence-electron chi connectivity index (χ2n) is 4.51. The average molecular weight is 293 g/mol. The van der Waals surface area contributed by atoms with Gasteiger partial charge in [-0.1, -0.05) is 0 Å². The molecule has 3 rings (SSSR count). The van der Waals surface area contributed by atoms with Crippen LogP contribution in [0.15, 0.2) is 24.4 Å². The molecule has 0 aliphatic rings. The third-order valence-corrected chi connectivity index (χ3v) is 4.19. The Kier molecular flexibility index (Phi) is 3.25. The molecule has 0 fully saturated rings. The van der Waals surface area contributed by atoms with Crippen LogP contribution in [0, 0.1) is 6.92 Å². The number of pyridine rings is 1. The Morgan fingerprint density at radius 3 is 2.75 bits per heavy atom. The zero-order chi connectivity index (χ0) is 14.3. The number of aryl methyl sites for hydroxylation is 2. The van der Waals surface area contributed by atoms with Crippen molar-refractivity contribution < 1.29 is 8.78 Å². The van der Waals surface area contributed by atoms with E-state index in [9.17, 15) is 8.78 Å². The maximum absolute atomic E-state index is 13.2. The standard InChI is InChI=1S/C14H13F2N3S/c1-3-19-14-10(7-17-19)9(13(15)16)6-11(18-14)12-5-4-8(2)20-12/h4-7,13H,3H2,1-2H3. The van der Waals surface area contributed by atoms with Crippen molar-refractivity contribution in [2.45, 2.75) is 26.8 Å². The molecule has 0 spiro atoms. The van der Waals surface area contributed by atoms with Gasteiger partial charge in [-0.25, -0.2) is 18.4 Å². The van der Waals surface area contributed by atoms with Crippen molar-refractivity contribution in [3.05, 3.63) is 34.8 Å². The molecular formula is C14H13F2N3S. The SMILES string of the molecule is CCn1ncc2c(C(F)F)cc(-c3ccc(C)s3)nc21. The van der Waals surface area contributed by atoms with Crippen molar-refractivity contribution in [1.82, 2.24) is 14.8 Å². The normalized spacial score (nSPS) is 11.7. The first kappa shape index (κ1) is 13.2. The van der Waals surface area contributed by atoms with Gasteiger partial charge in [-0.05, 0) is 32.0 Å². The molecule has 6 heteroatoms. The van der Waals surface area contributed by atoms with E-state index in [1.165, 1.54) is 12.3 Å². The summed E-state index contributed by atoms with van der Waals surface area (Å²) < 4.78 is 28.1. The highest BCUT2D eigenvalue weighted by Gasteiger charge is 2.18. The van der Waals surface area contributed by atoms with Crippen molar-refractivity contribution in [3.63, 3.8) is 0 Å². The molecular weight excluding hydrogens is 280 g/mol. The lowest BCUT2D eigenvalue weighted by Crippen LogP contribution is -1.99. The number of hydrogen-bond donors (Lipinski definition) is 0. The monoisotopic (exact) mass is 293 g/mol. The molecule has 0 saturated heterocycles. The molecule has 0 aromatic carbocycles. The van der Waals surface area contributed by atoms with E-state index in [0.29, 0.717) is 23.3 Å². The largest absolute Gasteiger partial charge is 0.264 e. The number of rotatable bonds is 3. The van der Waals surface area contributed by atoms with Crippen LogP contribution in [0.1, 0.15) is 23.8 Å². The van der Waals surface area contributed by atoms with E-state index in [0.717, 1.165) is 9.75 Å². The van der Waals surface area contributed by atoms with E-state index in [1.54, 1.807) is 16.0 Å². The van der Waals surface area contributed by atoms with E-state index >= 15 is 0 Å². The Morgan fingerprint density at radius 1 is 1.35 bits per heavy atom. The van der Waals surface area contributed by atoms with Gasteiger partial charge in [-0.3, -0.25) is 0 Å². The molecule has 0 amide bonds. The first-order chi connectivity index (χ1) is 9.60. The second-order valence-corrected chi connectivity index (χ2v) is 5.79. The molecule has 3 aromatic rings. The molecule has 3 heterocycles. The Hall–Kier alpha value is -1.82. The minimum absolute atomic E-state index is 0.00393. The van der Waals surface area contributed by atoms with Gasteiger partial charge in [0.15, 0.2) is 5.65 Å². The zero-order valence-electron chi connectivity index (χ0n) is 11.1. The quantitative estimate of drug-likeness (QED) is 0.715. The Bertz CT molecular complexity index is 761. The third-order valence-electron chi connectivity index (χ3n) is 3.17. The smallest absolute Gasteiger partial charge is 0.248 e. The fraction of sp³-hybridized carbons (Fsp3) is 0.286. The molecule has 0 bridgehead atoms. The summed E-state index contributed by atoms with van der Waals surface area (Å²) in [5.74, 6) is 0. The molecule has 0 N–H and O–H groups in total. The summed E-state index contributed by atoms with van der Waals surface area (Å²) in [6.45, 7) is 4.50. The van der Waals surface area contributed by atoms with E-state index < -0.39 is 6.43 Å². The predicted octanol–water partition coefficient (Wildman–Crippen LogP) is 4.43. The van der Waals surface area contributed by atoms with Gasteiger partial charge < -0.3 is 0 Å². The molecule has 20 heavy (non-hydrogen) atoms. The van der Waals surface area contributed by atoms with Crippen LogP contribution in [0.3, 0.4) is 0 Å². The summed E-state index contributed by atoms with van der Waals surface area (Å²) in [5.41, 5.74) is 1.10. The van der Waals surface area contributed by atoms with Gasteiger partial charge >= 0.3 is 0 Å². The van der Waals surface area contributed by atoms with Crippen molar-refractivity contribution in [3.8, 4) is 10.6 Å². The average Bonchev–Trinajstić information content (AvgIpc) is 3.03. The highest BCUT2D eigenvalue weighted by molar-refractivity contribution is 7.15. The highest BCUT2D eigenvalue weighted by Crippen LogP contribution is 2.33. The summed E-state index contributed by atoms with van der Waals surface area (Å²) in [5, 5.41) is 4.55. The number of alkyl halides is 2. The molecule has 0 radical (unpaired) electrons. The van der Waals surface area contributed by atoms with Gasteiger partial charge in [0.05, 0.1) is 16.8 Å². The molecule has 0 unspecified atom stereocenters. The van der Waals surface area contributed by atoms with Crippen LogP contribution in [0.4, 0.5) is 8.78 Å². The van der Waals surface area contributed by atoms with Crippen LogP contribution >= 0.6 is 11.3 Å². The highest BCUT2D eigenvalue weighted by atomic mass is 32.1. The number of thiophene rings is 1. The Labute approximate surface area is 118 Å². The minimum atomic E-state index is -2.53. The van der Waals surface area contributed by atoms with Gasteiger partial charge in [-0.15, -0.1) is 11.3 Å². The lowest BCUT2D eigenvalue weighted by Gasteiger charge is -2.06. The van der Waals surface area contributed by atoms with Crippen molar-refractivity contribution in [2.24, 2.45) is 0 Å². The van der Waals surface area contributed by atoms with E-state index in [1.807, 2.05) is 26.0 Å². The van der Waals surface area contributed by atoms with Crippen LogP contribution < -0.4 is 0 Å². The number of fused-ring (bicyclic) bond motifs is 1. The summed E-state index contributed by atoms with van der Waals surface area (Å²) >= 11 is 1.55. The number of aromatic nitrogens is 3. The first-order valence-corrected chi connectivity index (χ1v) is 7.13. The van der Waals surface area contributed by atoms with Crippen molar-refractivity contribution in [2.75, 3.05) is 0 Å². The lowest BCUT2D eigenvalue weighted by molar-refractivity contribution is 0.153. The van der Waals surface area contributed by atoms with Gasteiger partial charge in [-0.2, -0.15) is 5.10 Å². The summed E-state index contributed by atoms with van der Waals surface area (Å²) in [6.07, 6.45) is -1.06. The number of halogens is 2. The third kappa shape index (κ3) is 2.10. The first-order valence-electron chi connectivity index (χ1n) is 6.31. The van der Waals surface area contributed by atoms with Crippen molar-refractivity contribution in [1.29, 1.82) is 0 Å². The molecule has 0 atom stereocenters. The van der Waals surface area contributed by atoms with E-state index in [4.69, 9.17) is 0 Å². The molecule has 0 aliphatic carbocycles. The second kappa shape index (κ2) is 4.94. The predicted molar refractivity (Wildman–Crippen MR) is 76.2 cm³/mol. The van der Waals surface area contributed by atoms with Crippen molar-refractivity contribution >= 4 is 22.4 Å². The van der Waals surface area contributed by atoms with Crippen LogP contribution in [0.2, 0.25) is 0 Å². The summed E-state index contributed by atoms with van der Waals surface area (Å²) in [4.78, 5) is 6.54. The molecule has 104 valence electrons. The van der Waals surface area contributed by atoms with Crippen LogP contribution in [0.5, 0.6) is 0 Å². The fourth-order valence-corrected chi connectivity index (χ4v) is 3.01. The van der Waals surface area contributed by atoms with Crippen LogP contribution in [-0.4, -0.2) is 14.8 Å². The zero-order valence-corrected chi connectivity index (χ0v) is 11.9. The van der Waals surface area contributed by atoms with Gasteiger partial charge in [0, 0.05) is 22.4 Å². The summed E-state index contributed by atoms with van der Waals surface area (Å²) in [6, 6.07) is 5.35. The maximum Gasteiger partial charge on any atom is 0.264 e. The fourth-order valence-electron chi connectivity index (χ4n) is 2.18. The molecule has 0 saturated carbocycles. The van der Waals surface area contributed by atoms with E-state index in [2.05, 4.69) is 10.1 Å². The van der Waals surface area contributed by atoms with E-state index in [-0.39, 0.29) is 5.56 Å². The lowest BCUT2D eigenvalue weighted by atomic mass is 10.1. The Balaban J connectivity index is 2.28. The Morgan fingerprint density at radius 2 is 2.15 bits per heavy atom. The van der Waals surface area contributed by atoms with Gasteiger partial charge in [0.1, 0.15) is 0 Å². The summed E-state index contributed by atoms with van der Waals surface area (Å²) in [7, 11) is 0. The van der Waals surface area contributed by atoms with Crippen LogP contribution in [0.25, 0.3) is 21.6 Å². The molecule has 0 aliphatic heterocycles. The molecule has 3 nitrogen and oxygen atoms in total. The maximum atomic E-state index is 13.2. The number of hydrogen-bond acceptors (Lipinski definition) is 3. The van der Waals surface area contributed by atoms with Gasteiger partial charge in [0.2, 0.25) is 0 Å². The topological polar surface area (TPSA) is 30.7 Å². The minimum Gasteiger partial charge on any atom is -0.248 e. The molecule has 3 aromatic heterocycles. The van der Waals surface area contributed by atoms with Crippen LogP contribution in [-0.2, 0) is 6.54 Å². The number of nitrogens with zero attached hydrogens (tertiary/aromatic N) is 3.